The molecular weight excluding hydrogens is 541 g/mol. The number of amides is 1. The van der Waals surface area contributed by atoms with E-state index >= 15 is 0 Å². The number of esters is 1. The molecule has 10 heteroatoms. The first-order chi connectivity index (χ1) is 18.3. The summed E-state index contributed by atoms with van der Waals surface area (Å²) in [5.74, 6) is -0.162. The number of piperidine rings is 1. The first kappa shape index (κ1) is 29.2. The number of anilines is 1. The SMILES string of the molecule is COC(=O)c1cc(-c2cccc(Cl)c2Cl)c(C)nc1N1CCC2(CC1)CC(=O)[C@@H](C)[C@@H]2NC(=O)OC(C)(C)C. The third-order valence-electron chi connectivity index (χ3n) is 7.76. The molecule has 1 aliphatic heterocycles. The van der Waals surface area contributed by atoms with Gasteiger partial charge in [0.2, 0.25) is 0 Å². The van der Waals surface area contributed by atoms with Crippen molar-refractivity contribution in [2.45, 2.75) is 65.5 Å². The number of aryl methyl sites for hydroxylation is 1. The van der Waals surface area contributed by atoms with Gasteiger partial charge in [0.15, 0.2) is 0 Å². The molecule has 1 amide bonds. The topological polar surface area (TPSA) is 97.8 Å². The average molecular weight is 577 g/mol. The molecule has 1 N–H and O–H groups in total. The number of pyridine rings is 1. The van der Waals surface area contributed by atoms with E-state index in [1.807, 2.05) is 45.6 Å². The molecule has 2 heterocycles. The molecule has 4 rings (SSSR count). The van der Waals surface area contributed by atoms with E-state index in [-0.39, 0.29) is 17.7 Å². The third-order valence-corrected chi connectivity index (χ3v) is 8.58. The fraction of sp³-hybridized carbons (Fsp3) is 0.517. The summed E-state index contributed by atoms with van der Waals surface area (Å²) in [6, 6.07) is 6.75. The summed E-state index contributed by atoms with van der Waals surface area (Å²) in [5, 5.41) is 3.80. The summed E-state index contributed by atoms with van der Waals surface area (Å²) in [6.45, 7) is 10.3. The second kappa shape index (κ2) is 11.0. The Bertz CT molecular complexity index is 1300. The Morgan fingerprint density at radius 3 is 2.44 bits per heavy atom. The number of hydrogen-bond donors (Lipinski definition) is 1. The van der Waals surface area contributed by atoms with Gasteiger partial charge < -0.3 is 19.7 Å². The predicted molar refractivity (Wildman–Crippen MR) is 152 cm³/mol. The van der Waals surface area contributed by atoms with Crippen LogP contribution in [0.2, 0.25) is 10.0 Å². The maximum atomic E-state index is 12.9. The van der Waals surface area contributed by atoms with Gasteiger partial charge in [-0.3, -0.25) is 4.79 Å². The molecule has 1 aliphatic carbocycles. The van der Waals surface area contributed by atoms with Crippen LogP contribution in [0.25, 0.3) is 11.1 Å². The summed E-state index contributed by atoms with van der Waals surface area (Å²) >= 11 is 12.7. The minimum atomic E-state index is -0.637. The molecular formula is C29H35Cl2N3O5. The molecule has 2 atom stereocenters. The number of alkyl carbamates (subject to hydrolysis) is 1. The standard InChI is InChI=1S/C29H35Cl2N3O5/c1-16-22(35)15-29(24(16)33-27(37)39-28(3,4)5)10-12-34(13-11-29)25-20(26(36)38-6)14-19(17(2)32-25)18-8-7-9-21(30)23(18)31/h7-9,14,16,24H,10-13,15H2,1-6H3,(H,33,37)/t16-,24+/m1/s1. The summed E-state index contributed by atoms with van der Waals surface area (Å²) in [6.07, 6.45) is 1.17. The maximum Gasteiger partial charge on any atom is 0.407 e. The normalized spacial score (nSPS) is 20.7. The lowest BCUT2D eigenvalue weighted by molar-refractivity contribution is -0.120. The highest BCUT2D eigenvalue weighted by molar-refractivity contribution is 6.43. The van der Waals surface area contributed by atoms with Crippen LogP contribution in [0.15, 0.2) is 24.3 Å². The van der Waals surface area contributed by atoms with Crippen molar-refractivity contribution in [2.75, 3.05) is 25.1 Å². The number of aromatic nitrogens is 1. The van der Waals surface area contributed by atoms with Gasteiger partial charge in [-0.05, 0) is 52.7 Å². The molecule has 0 radical (unpaired) electrons. The fourth-order valence-electron chi connectivity index (χ4n) is 5.78. The Morgan fingerprint density at radius 2 is 1.82 bits per heavy atom. The number of halogens is 2. The van der Waals surface area contributed by atoms with Crippen LogP contribution in [0.1, 0.15) is 63.0 Å². The number of nitrogens with one attached hydrogen (secondary N) is 1. The van der Waals surface area contributed by atoms with Gasteiger partial charge in [-0.2, -0.15) is 0 Å². The van der Waals surface area contributed by atoms with Gasteiger partial charge in [-0.1, -0.05) is 42.3 Å². The zero-order valence-electron chi connectivity index (χ0n) is 23.2. The van der Waals surface area contributed by atoms with E-state index in [0.29, 0.717) is 70.6 Å². The Balaban J connectivity index is 1.62. The molecule has 210 valence electrons. The van der Waals surface area contributed by atoms with Crippen molar-refractivity contribution in [3.8, 4) is 11.1 Å². The molecule has 2 aromatic rings. The summed E-state index contributed by atoms with van der Waals surface area (Å²) in [4.78, 5) is 45.2. The number of nitrogens with zero attached hydrogens (tertiary/aromatic N) is 2. The zero-order chi connectivity index (χ0) is 28.7. The smallest absolute Gasteiger partial charge is 0.407 e. The summed E-state index contributed by atoms with van der Waals surface area (Å²) < 4.78 is 10.6. The maximum absolute atomic E-state index is 12.9. The van der Waals surface area contributed by atoms with Crippen molar-refractivity contribution in [1.29, 1.82) is 0 Å². The minimum Gasteiger partial charge on any atom is -0.465 e. The number of carbonyl (C=O) groups excluding carboxylic acids is 3. The lowest BCUT2D eigenvalue weighted by Gasteiger charge is -2.44. The minimum absolute atomic E-state index is 0.136. The first-order valence-corrected chi connectivity index (χ1v) is 13.8. The zero-order valence-corrected chi connectivity index (χ0v) is 24.7. The van der Waals surface area contributed by atoms with Crippen molar-refractivity contribution in [1.82, 2.24) is 10.3 Å². The number of rotatable bonds is 4. The molecule has 1 saturated carbocycles. The van der Waals surface area contributed by atoms with Gasteiger partial charge in [-0.25, -0.2) is 14.6 Å². The molecule has 8 nitrogen and oxygen atoms in total. The van der Waals surface area contributed by atoms with Crippen molar-refractivity contribution in [2.24, 2.45) is 11.3 Å². The molecule has 2 fully saturated rings. The molecule has 2 aliphatic rings. The highest BCUT2D eigenvalue weighted by atomic mass is 35.5. The number of Topliss-reactive ketones (excluding diaryl/α,β-unsaturated/α-hetero) is 1. The van der Waals surface area contributed by atoms with Gasteiger partial charge in [0.25, 0.3) is 0 Å². The average Bonchev–Trinajstić information content (AvgIpc) is 3.08. The number of ether oxygens (including phenoxy) is 2. The lowest BCUT2D eigenvalue weighted by atomic mass is 9.73. The van der Waals surface area contributed by atoms with Crippen LogP contribution < -0.4 is 10.2 Å². The van der Waals surface area contributed by atoms with E-state index in [1.165, 1.54) is 7.11 Å². The Hall–Kier alpha value is -2.84. The van der Waals surface area contributed by atoms with Crippen LogP contribution in [0, 0.1) is 18.3 Å². The van der Waals surface area contributed by atoms with E-state index in [2.05, 4.69) is 5.32 Å². The van der Waals surface area contributed by atoms with Gasteiger partial charge >= 0.3 is 12.1 Å². The fourth-order valence-corrected chi connectivity index (χ4v) is 6.18. The van der Waals surface area contributed by atoms with Gasteiger partial charge in [-0.15, -0.1) is 0 Å². The predicted octanol–water partition coefficient (Wildman–Crippen LogP) is 6.24. The molecule has 1 spiro atoms. The molecule has 39 heavy (non-hydrogen) atoms. The molecule has 1 saturated heterocycles. The van der Waals surface area contributed by atoms with Crippen LogP contribution >= 0.6 is 23.2 Å². The van der Waals surface area contributed by atoms with Crippen molar-refractivity contribution in [3.05, 3.63) is 45.6 Å². The molecule has 1 aromatic carbocycles. The summed E-state index contributed by atoms with van der Waals surface area (Å²) in [5.41, 5.74) is 1.36. The Labute approximate surface area is 239 Å². The van der Waals surface area contributed by atoms with Crippen LogP contribution in [0.3, 0.4) is 0 Å². The lowest BCUT2D eigenvalue weighted by Crippen LogP contribution is -2.53. The van der Waals surface area contributed by atoms with Gasteiger partial charge in [0.05, 0.1) is 17.2 Å². The largest absolute Gasteiger partial charge is 0.465 e. The highest BCUT2D eigenvalue weighted by Crippen LogP contribution is 2.48. The van der Waals surface area contributed by atoms with E-state index in [0.717, 1.165) is 0 Å². The van der Waals surface area contributed by atoms with Crippen LogP contribution in [-0.2, 0) is 14.3 Å². The highest BCUT2D eigenvalue weighted by Gasteiger charge is 2.53. The Kier molecular flexibility index (Phi) is 8.20. The second-order valence-corrected chi connectivity index (χ2v) is 12.3. The van der Waals surface area contributed by atoms with Crippen molar-refractivity contribution < 1.29 is 23.9 Å². The van der Waals surface area contributed by atoms with E-state index in [4.69, 9.17) is 37.7 Å². The van der Waals surface area contributed by atoms with Gasteiger partial charge in [0, 0.05) is 53.7 Å². The number of carbonyl (C=O) groups is 3. The summed E-state index contributed by atoms with van der Waals surface area (Å²) in [7, 11) is 1.33. The molecule has 0 bridgehead atoms. The second-order valence-electron chi connectivity index (χ2n) is 11.5. The number of benzene rings is 1. The monoisotopic (exact) mass is 575 g/mol. The molecule has 0 unspecified atom stereocenters. The van der Waals surface area contributed by atoms with Crippen LogP contribution in [0.5, 0.6) is 0 Å². The quantitative estimate of drug-likeness (QED) is 0.431. The van der Waals surface area contributed by atoms with E-state index in [9.17, 15) is 14.4 Å². The van der Waals surface area contributed by atoms with Crippen LogP contribution in [0.4, 0.5) is 10.6 Å². The Morgan fingerprint density at radius 1 is 1.15 bits per heavy atom. The van der Waals surface area contributed by atoms with E-state index in [1.54, 1.807) is 18.2 Å². The van der Waals surface area contributed by atoms with Crippen LogP contribution in [-0.4, -0.2) is 54.7 Å². The number of hydrogen-bond acceptors (Lipinski definition) is 7. The molecule has 1 aromatic heterocycles. The third kappa shape index (κ3) is 5.87. The van der Waals surface area contributed by atoms with Gasteiger partial charge in [0.1, 0.15) is 22.8 Å². The number of ketones is 1. The van der Waals surface area contributed by atoms with E-state index < -0.39 is 23.1 Å². The number of methoxy groups -OCH3 is 1. The van der Waals surface area contributed by atoms with Crippen molar-refractivity contribution in [3.63, 3.8) is 0 Å². The first-order valence-electron chi connectivity index (χ1n) is 13.1. The van der Waals surface area contributed by atoms with Crippen molar-refractivity contribution >= 4 is 46.9 Å².